The van der Waals surface area contributed by atoms with Crippen molar-refractivity contribution in [3.8, 4) is 0 Å². The lowest BCUT2D eigenvalue weighted by molar-refractivity contribution is -0.150. The number of nitrogens with zero attached hydrogens (tertiary/aromatic N) is 2. The number of hydrogen-bond donors (Lipinski definition) is 1. The van der Waals surface area contributed by atoms with Crippen LogP contribution in [-0.2, 0) is 22.4 Å². The largest absolute Gasteiger partial charge is 0.387 e. The van der Waals surface area contributed by atoms with Gasteiger partial charge in [0.2, 0.25) is 0 Å². The minimum Gasteiger partial charge on any atom is -0.387 e. The van der Waals surface area contributed by atoms with Gasteiger partial charge < -0.3 is 14.7 Å². The van der Waals surface area contributed by atoms with Gasteiger partial charge in [-0.3, -0.25) is 4.98 Å². The van der Waals surface area contributed by atoms with Gasteiger partial charge in [0.1, 0.15) is 0 Å². The van der Waals surface area contributed by atoms with Crippen molar-refractivity contribution < 1.29 is 9.84 Å². The average Bonchev–Trinajstić information content (AvgIpc) is 2.91. The molecule has 0 saturated carbocycles. The van der Waals surface area contributed by atoms with E-state index in [1.165, 1.54) is 16.7 Å². The van der Waals surface area contributed by atoms with Crippen LogP contribution in [0.1, 0.15) is 61.6 Å². The van der Waals surface area contributed by atoms with Crippen molar-refractivity contribution in [2.45, 2.75) is 56.8 Å². The summed E-state index contributed by atoms with van der Waals surface area (Å²) >= 11 is 0. The zero-order valence-electron chi connectivity index (χ0n) is 16.9. The normalized spacial score (nSPS) is 28.1. The van der Waals surface area contributed by atoms with E-state index in [-0.39, 0.29) is 11.2 Å². The molecule has 1 spiro atoms. The number of pyridine rings is 1. The molecule has 0 bridgehead atoms. The van der Waals surface area contributed by atoms with E-state index in [2.05, 4.69) is 54.1 Å². The number of aromatic nitrogens is 1. The van der Waals surface area contributed by atoms with E-state index in [0.29, 0.717) is 5.92 Å². The Morgan fingerprint density at radius 3 is 2.64 bits per heavy atom. The Hall–Kier alpha value is -1.75. The van der Waals surface area contributed by atoms with Crippen LogP contribution < -0.4 is 0 Å². The van der Waals surface area contributed by atoms with E-state index in [4.69, 9.17) is 4.74 Å². The first-order chi connectivity index (χ1) is 13.5. The molecule has 0 unspecified atom stereocenters. The molecule has 2 aromatic rings. The van der Waals surface area contributed by atoms with E-state index < -0.39 is 6.10 Å². The van der Waals surface area contributed by atoms with Crippen LogP contribution in [0.5, 0.6) is 0 Å². The number of fused-ring (bicyclic) bond motifs is 3. The van der Waals surface area contributed by atoms with Crippen molar-refractivity contribution >= 4 is 0 Å². The SMILES string of the molecule is CC1(C)OC2(CCN(C[C@@H]3Cc4cccnc4[C@@H](O)C3)CC2)c2ccccc21. The lowest BCUT2D eigenvalue weighted by Gasteiger charge is -2.42. The van der Waals surface area contributed by atoms with Crippen molar-refractivity contribution in [1.82, 2.24) is 9.88 Å². The second-order valence-corrected chi connectivity index (χ2v) is 9.32. The molecular weight excluding hydrogens is 348 g/mol. The molecule has 148 valence electrons. The number of aliphatic hydroxyl groups is 1. The third-order valence-electron chi connectivity index (χ3n) is 7.00. The van der Waals surface area contributed by atoms with Crippen molar-refractivity contribution in [2.75, 3.05) is 19.6 Å². The first-order valence-electron chi connectivity index (χ1n) is 10.6. The lowest BCUT2D eigenvalue weighted by Crippen LogP contribution is -2.45. The molecule has 1 saturated heterocycles. The molecule has 1 aliphatic carbocycles. The Kier molecular flexibility index (Phi) is 4.34. The number of hydrogen-bond acceptors (Lipinski definition) is 4. The Labute approximate surface area is 167 Å². The molecule has 1 aromatic carbocycles. The third-order valence-corrected chi connectivity index (χ3v) is 7.00. The number of piperidine rings is 1. The fourth-order valence-corrected chi connectivity index (χ4v) is 5.72. The molecule has 2 atom stereocenters. The van der Waals surface area contributed by atoms with Crippen LogP contribution in [0.15, 0.2) is 42.6 Å². The number of ether oxygens (including phenoxy) is 1. The van der Waals surface area contributed by atoms with Crippen LogP contribution >= 0.6 is 0 Å². The molecule has 1 fully saturated rings. The number of rotatable bonds is 2. The first kappa shape index (κ1) is 18.3. The molecular formula is C24H30N2O2. The summed E-state index contributed by atoms with van der Waals surface area (Å²) in [7, 11) is 0. The van der Waals surface area contributed by atoms with Gasteiger partial charge >= 0.3 is 0 Å². The minimum atomic E-state index is -0.420. The van der Waals surface area contributed by atoms with Gasteiger partial charge in [0, 0.05) is 25.8 Å². The zero-order valence-corrected chi connectivity index (χ0v) is 16.9. The second-order valence-electron chi connectivity index (χ2n) is 9.32. The van der Waals surface area contributed by atoms with Crippen LogP contribution in [0.25, 0.3) is 0 Å². The quantitative estimate of drug-likeness (QED) is 0.860. The predicted molar refractivity (Wildman–Crippen MR) is 109 cm³/mol. The molecule has 4 nitrogen and oxygen atoms in total. The van der Waals surface area contributed by atoms with Gasteiger partial charge in [-0.15, -0.1) is 0 Å². The highest BCUT2D eigenvalue weighted by atomic mass is 16.5. The summed E-state index contributed by atoms with van der Waals surface area (Å²) in [5.41, 5.74) is 4.52. The van der Waals surface area contributed by atoms with E-state index >= 15 is 0 Å². The number of benzene rings is 1. The van der Waals surface area contributed by atoms with Crippen LogP contribution in [0.2, 0.25) is 0 Å². The second kappa shape index (κ2) is 6.65. The number of aliphatic hydroxyl groups excluding tert-OH is 1. The Balaban J connectivity index is 1.27. The summed E-state index contributed by atoms with van der Waals surface area (Å²) in [5, 5.41) is 10.5. The summed E-state index contributed by atoms with van der Waals surface area (Å²) in [4.78, 5) is 6.96. The molecule has 0 amide bonds. The Morgan fingerprint density at radius 1 is 1.11 bits per heavy atom. The lowest BCUT2D eigenvalue weighted by atomic mass is 9.81. The summed E-state index contributed by atoms with van der Waals surface area (Å²) in [6.45, 7) is 7.55. The summed E-state index contributed by atoms with van der Waals surface area (Å²) in [6, 6.07) is 12.9. The molecule has 1 N–H and O–H groups in total. The van der Waals surface area contributed by atoms with Crippen molar-refractivity contribution in [1.29, 1.82) is 0 Å². The molecule has 3 aliphatic rings. The van der Waals surface area contributed by atoms with Gasteiger partial charge in [-0.25, -0.2) is 0 Å². The standard InChI is InChI=1S/C24H30N2O2/c1-23(2)19-7-3-4-8-20(19)24(28-23)9-12-26(13-10-24)16-17-14-18-6-5-11-25-22(18)21(27)15-17/h3-8,11,17,21,27H,9-10,12-16H2,1-2H3/t17-,21+/m1/s1. The highest BCUT2D eigenvalue weighted by Gasteiger charge is 2.49. The summed E-state index contributed by atoms with van der Waals surface area (Å²) in [5.74, 6) is 0.494. The maximum atomic E-state index is 10.5. The molecule has 0 radical (unpaired) electrons. The third kappa shape index (κ3) is 2.99. The number of likely N-dealkylation sites (tertiary alicyclic amines) is 1. The molecule has 1 aromatic heterocycles. The van der Waals surface area contributed by atoms with E-state index in [9.17, 15) is 5.11 Å². The molecule has 5 rings (SSSR count). The van der Waals surface area contributed by atoms with Gasteiger partial charge in [0.15, 0.2) is 0 Å². The monoisotopic (exact) mass is 378 g/mol. The highest BCUT2D eigenvalue weighted by molar-refractivity contribution is 5.41. The smallest absolute Gasteiger partial charge is 0.0971 e. The van der Waals surface area contributed by atoms with Gasteiger partial charge in [-0.05, 0) is 68.2 Å². The van der Waals surface area contributed by atoms with Crippen molar-refractivity contribution in [3.05, 3.63) is 65.0 Å². The fourth-order valence-electron chi connectivity index (χ4n) is 5.72. The van der Waals surface area contributed by atoms with Crippen molar-refractivity contribution in [2.24, 2.45) is 5.92 Å². The maximum absolute atomic E-state index is 10.5. The van der Waals surface area contributed by atoms with Gasteiger partial charge in [0.25, 0.3) is 0 Å². The minimum absolute atomic E-state index is 0.126. The van der Waals surface area contributed by atoms with Crippen LogP contribution in [0.3, 0.4) is 0 Å². The van der Waals surface area contributed by atoms with E-state index in [1.54, 1.807) is 6.20 Å². The summed E-state index contributed by atoms with van der Waals surface area (Å²) < 4.78 is 6.67. The maximum Gasteiger partial charge on any atom is 0.0971 e. The molecule has 2 aliphatic heterocycles. The average molecular weight is 379 g/mol. The Bertz CT molecular complexity index is 870. The van der Waals surface area contributed by atoms with E-state index in [1.807, 2.05) is 6.07 Å². The van der Waals surface area contributed by atoms with Crippen LogP contribution in [0, 0.1) is 5.92 Å². The zero-order chi connectivity index (χ0) is 19.4. The Morgan fingerprint density at radius 2 is 1.86 bits per heavy atom. The molecule has 28 heavy (non-hydrogen) atoms. The topological polar surface area (TPSA) is 45.6 Å². The summed E-state index contributed by atoms with van der Waals surface area (Å²) in [6.07, 6.45) is 5.29. The highest BCUT2D eigenvalue weighted by Crippen LogP contribution is 2.51. The molecule has 3 heterocycles. The predicted octanol–water partition coefficient (Wildman–Crippen LogP) is 3.93. The fraction of sp³-hybridized carbons (Fsp3) is 0.542. The first-order valence-corrected chi connectivity index (χ1v) is 10.6. The van der Waals surface area contributed by atoms with E-state index in [0.717, 1.165) is 51.0 Å². The van der Waals surface area contributed by atoms with Gasteiger partial charge in [-0.2, -0.15) is 0 Å². The van der Waals surface area contributed by atoms with Crippen LogP contribution in [-0.4, -0.2) is 34.6 Å². The van der Waals surface area contributed by atoms with Gasteiger partial charge in [0.05, 0.1) is 23.0 Å². The van der Waals surface area contributed by atoms with Crippen molar-refractivity contribution in [3.63, 3.8) is 0 Å². The van der Waals surface area contributed by atoms with Gasteiger partial charge in [-0.1, -0.05) is 30.3 Å². The molecule has 4 heteroatoms. The van der Waals surface area contributed by atoms with Crippen LogP contribution in [0.4, 0.5) is 0 Å².